The summed E-state index contributed by atoms with van der Waals surface area (Å²) in [5, 5.41) is 0. The van der Waals surface area contributed by atoms with E-state index >= 15 is 0 Å². The second kappa shape index (κ2) is 9.08. The van der Waals surface area contributed by atoms with Gasteiger partial charge in [0.1, 0.15) is 36.5 Å². The summed E-state index contributed by atoms with van der Waals surface area (Å²) in [7, 11) is 0. The van der Waals surface area contributed by atoms with Gasteiger partial charge in [0, 0.05) is 6.21 Å². The molecule has 1 unspecified atom stereocenters. The van der Waals surface area contributed by atoms with E-state index in [4.69, 9.17) is 9.47 Å². The molecule has 1 aliphatic heterocycles. The number of ether oxygens (including phenoxy) is 2. The van der Waals surface area contributed by atoms with E-state index in [9.17, 15) is 8.78 Å². The number of aliphatic imine (C=N–C) groups is 2. The highest BCUT2D eigenvalue weighted by Crippen LogP contribution is 2.27. The van der Waals surface area contributed by atoms with Crippen LogP contribution in [0.15, 0.2) is 77.1 Å². The maximum Gasteiger partial charge on any atom is 0.222 e. The molecule has 144 valence electrons. The SMILES string of the molecule is C=C(N=C/C=C\C)OCc1ccc(C2COC(c3c(F)cccc3F)=N2)cc1. The molecule has 0 N–H and O–H groups in total. The van der Waals surface area contributed by atoms with Crippen molar-refractivity contribution >= 4 is 12.1 Å². The molecule has 1 heterocycles. The lowest BCUT2D eigenvalue weighted by Gasteiger charge is -2.08. The molecule has 3 rings (SSSR count). The largest absolute Gasteiger partial charge is 0.475 e. The Morgan fingerprint density at radius 1 is 1.25 bits per heavy atom. The second-order valence-corrected chi connectivity index (χ2v) is 6.09. The number of allylic oxidation sites excluding steroid dienone is 2. The van der Waals surface area contributed by atoms with Gasteiger partial charge in [-0.25, -0.2) is 18.8 Å². The summed E-state index contributed by atoms with van der Waals surface area (Å²) in [6.07, 6.45) is 5.26. The summed E-state index contributed by atoms with van der Waals surface area (Å²) in [4.78, 5) is 8.38. The summed E-state index contributed by atoms with van der Waals surface area (Å²) in [5.41, 5.74) is 1.60. The Labute approximate surface area is 162 Å². The van der Waals surface area contributed by atoms with Crippen molar-refractivity contribution in [1.82, 2.24) is 0 Å². The normalized spacial score (nSPS) is 16.4. The van der Waals surface area contributed by atoms with Gasteiger partial charge in [-0.1, -0.05) is 36.4 Å². The van der Waals surface area contributed by atoms with Crippen LogP contribution in [0.2, 0.25) is 0 Å². The third-order valence-corrected chi connectivity index (χ3v) is 4.09. The molecule has 0 saturated heterocycles. The average molecular weight is 382 g/mol. The van der Waals surface area contributed by atoms with Crippen LogP contribution < -0.4 is 0 Å². The third kappa shape index (κ3) is 4.71. The van der Waals surface area contributed by atoms with E-state index in [0.717, 1.165) is 11.1 Å². The Bertz CT molecular complexity index is 914. The molecule has 2 aromatic carbocycles. The first-order valence-corrected chi connectivity index (χ1v) is 8.79. The van der Waals surface area contributed by atoms with Gasteiger partial charge in [0.25, 0.3) is 0 Å². The van der Waals surface area contributed by atoms with Crippen LogP contribution in [-0.4, -0.2) is 18.7 Å². The van der Waals surface area contributed by atoms with Crippen LogP contribution in [0.4, 0.5) is 8.78 Å². The number of rotatable bonds is 7. The lowest BCUT2D eigenvalue weighted by molar-refractivity contribution is 0.199. The Morgan fingerprint density at radius 2 is 1.96 bits per heavy atom. The lowest BCUT2D eigenvalue weighted by atomic mass is 10.1. The van der Waals surface area contributed by atoms with Gasteiger partial charge in [-0.2, -0.15) is 0 Å². The molecule has 6 heteroatoms. The number of benzene rings is 2. The van der Waals surface area contributed by atoms with Crippen molar-refractivity contribution in [2.75, 3.05) is 6.61 Å². The van der Waals surface area contributed by atoms with Gasteiger partial charge < -0.3 is 9.47 Å². The van der Waals surface area contributed by atoms with Gasteiger partial charge in [0.2, 0.25) is 11.8 Å². The number of nitrogens with zero attached hydrogens (tertiary/aromatic N) is 2. The Kier molecular flexibility index (Phi) is 6.32. The van der Waals surface area contributed by atoms with E-state index in [2.05, 4.69) is 16.6 Å². The fraction of sp³-hybridized carbons (Fsp3) is 0.182. The Morgan fingerprint density at radius 3 is 2.64 bits per heavy atom. The van der Waals surface area contributed by atoms with Crippen LogP contribution in [0.5, 0.6) is 0 Å². The highest BCUT2D eigenvalue weighted by atomic mass is 19.1. The average Bonchev–Trinajstić information content (AvgIpc) is 3.16. The topological polar surface area (TPSA) is 43.2 Å². The minimum Gasteiger partial charge on any atom is -0.475 e. The van der Waals surface area contributed by atoms with Gasteiger partial charge in [-0.05, 0) is 42.8 Å². The zero-order valence-corrected chi connectivity index (χ0v) is 15.4. The smallest absolute Gasteiger partial charge is 0.222 e. The van der Waals surface area contributed by atoms with E-state index in [1.807, 2.05) is 37.3 Å². The van der Waals surface area contributed by atoms with Gasteiger partial charge in [0.05, 0.1) is 0 Å². The van der Waals surface area contributed by atoms with E-state index in [0.29, 0.717) is 12.5 Å². The summed E-state index contributed by atoms with van der Waals surface area (Å²) in [5.74, 6) is -1.07. The van der Waals surface area contributed by atoms with Crippen LogP contribution >= 0.6 is 0 Å². The molecule has 0 amide bonds. The standard InChI is InChI=1S/C22H20F2N2O2/c1-3-4-12-25-15(2)27-13-16-8-10-17(11-9-16)20-14-28-22(26-20)21-18(23)6-5-7-19(21)24/h3-12,20H,2,13-14H2,1H3/b4-3-,25-12?. The van der Waals surface area contributed by atoms with Crippen molar-refractivity contribution in [2.24, 2.45) is 9.98 Å². The summed E-state index contributed by atoms with van der Waals surface area (Å²) >= 11 is 0. The Balaban J connectivity index is 1.64. The van der Waals surface area contributed by atoms with Crippen molar-refractivity contribution in [1.29, 1.82) is 0 Å². The highest BCUT2D eigenvalue weighted by molar-refractivity contribution is 5.95. The zero-order valence-electron chi connectivity index (χ0n) is 15.4. The van der Waals surface area contributed by atoms with Crippen molar-refractivity contribution in [2.45, 2.75) is 19.6 Å². The molecule has 0 saturated carbocycles. The molecule has 0 fully saturated rings. The maximum atomic E-state index is 13.9. The van der Waals surface area contributed by atoms with Crippen molar-refractivity contribution in [3.8, 4) is 0 Å². The first-order chi connectivity index (χ1) is 13.6. The minimum absolute atomic E-state index is 0.0108. The van der Waals surface area contributed by atoms with Crippen molar-refractivity contribution in [3.05, 3.63) is 95.4 Å². The second-order valence-electron chi connectivity index (χ2n) is 6.09. The lowest BCUT2D eigenvalue weighted by Crippen LogP contribution is -2.07. The van der Waals surface area contributed by atoms with E-state index in [1.54, 1.807) is 12.3 Å². The van der Waals surface area contributed by atoms with Gasteiger partial charge in [0.15, 0.2) is 0 Å². The van der Waals surface area contributed by atoms with Gasteiger partial charge >= 0.3 is 0 Å². The van der Waals surface area contributed by atoms with E-state index < -0.39 is 11.6 Å². The minimum atomic E-state index is -0.691. The zero-order chi connectivity index (χ0) is 19.9. The quantitative estimate of drug-likeness (QED) is 0.493. The molecule has 2 aromatic rings. The van der Waals surface area contributed by atoms with Crippen LogP contribution in [0.1, 0.15) is 29.7 Å². The van der Waals surface area contributed by atoms with Crippen molar-refractivity contribution < 1.29 is 18.3 Å². The Hall–Kier alpha value is -3.28. The molecular weight excluding hydrogens is 362 g/mol. The van der Waals surface area contributed by atoms with Crippen LogP contribution in [0.25, 0.3) is 0 Å². The van der Waals surface area contributed by atoms with Crippen LogP contribution in [0, 0.1) is 11.6 Å². The van der Waals surface area contributed by atoms with Gasteiger partial charge in [-0.15, -0.1) is 0 Å². The molecule has 1 aliphatic rings. The van der Waals surface area contributed by atoms with Crippen molar-refractivity contribution in [3.63, 3.8) is 0 Å². The third-order valence-electron chi connectivity index (χ3n) is 4.09. The molecule has 0 spiro atoms. The molecule has 28 heavy (non-hydrogen) atoms. The van der Waals surface area contributed by atoms with Crippen LogP contribution in [-0.2, 0) is 16.1 Å². The van der Waals surface area contributed by atoms with Crippen LogP contribution in [0.3, 0.4) is 0 Å². The van der Waals surface area contributed by atoms with E-state index in [-0.39, 0.29) is 24.1 Å². The monoisotopic (exact) mass is 382 g/mol. The van der Waals surface area contributed by atoms with Gasteiger partial charge in [-0.3, -0.25) is 0 Å². The molecule has 0 aliphatic carbocycles. The molecule has 0 radical (unpaired) electrons. The number of halogens is 2. The molecule has 1 atom stereocenters. The molecular formula is C22H20F2N2O2. The predicted octanol–water partition coefficient (Wildman–Crippen LogP) is 5.12. The first-order valence-electron chi connectivity index (χ1n) is 8.79. The summed E-state index contributed by atoms with van der Waals surface area (Å²) < 4.78 is 38.7. The maximum absolute atomic E-state index is 13.9. The predicted molar refractivity (Wildman–Crippen MR) is 105 cm³/mol. The molecule has 4 nitrogen and oxygen atoms in total. The molecule has 0 aromatic heterocycles. The molecule has 0 bridgehead atoms. The first kappa shape index (κ1) is 19.5. The summed E-state index contributed by atoms with van der Waals surface area (Å²) in [6, 6.07) is 10.9. The van der Waals surface area contributed by atoms with E-state index in [1.165, 1.54) is 18.2 Å². The number of hydrogen-bond donors (Lipinski definition) is 0. The fourth-order valence-electron chi connectivity index (χ4n) is 2.64. The summed E-state index contributed by atoms with van der Waals surface area (Å²) in [6.45, 7) is 6.19. The fourth-order valence-corrected chi connectivity index (χ4v) is 2.64. The highest BCUT2D eigenvalue weighted by Gasteiger charge is 2.26. The number of hydrogen-bond acceptors (Lipinski definition) is 4.